The Labute approximate surface area is 85.7 Å². The molecule has 2 N–H and O–H groups in total. The van der Waals surface area contributed by atoms with Gasteiger partial charge in [0.05, 0.1) is 5.69 Å². The highest BCUT2D eigenvalue weighted by molar-refractivity contribution is 4.98. The van der Waals surface area contributed by atoms with Crippen molar-refractivity contribution >= 4 is 0 Å². The molecule has 0 aliphatic heterocycles. The summed E-state index contributed by atoms with van der Waals surface area (Å²) in [5, 5.41) is 4.35. The van der Waals surface area contributed by atoms with Crippen LogP contribution in [0.2, 0.25) is 0 Å². The van der Waals surface area contributed by atoms with Crippen molar-refractivity contribution in [1.82, 2.24) is 14.7 Å². The van der Waals surface area contributed by atoms with Crippen LogP contribution in [0.15, 0.2) is 12.3 Å². The van der Waals surface area contributed by atoms with Gasteiger partial charge in [-0.15, -0.1) is 0 Å². The van der Waals surface area contributed by atoms with E-state index in [2.05, 4.69) is 23.0 Å². The summed E-state index contributed by atoms with van der Waals surface area (Å²) in [6, 6.07) is 2.05. The first-order valence-corrected chi connectivity index (χ1v) is 5.17. The number of aromatic nitrogens is 2. The van der Waals surface area contributed by atoms with Gasteiger partial charge in [0.15, 0.2) is 0 Å². The van der Waals surface area contributed by atoms with Crippen LogP contribution in [-0.4, -0.2) is 34.3 Å². The van der Waals surface area contributed by atoms with Crippen molar-refractivity contribution < 1.29 is 0 Å². The normalized spacial score (nSPS) is 11.1. The largest absolute Gasteiger partial charge is 0.329 e. The van der Waals surface area contributed by atoms with Gasteiger partial charge in [0.2, 0.25) is 0 Å². The van der Waals surface area contributed by atoms with Crippen LogP contribution in [0.3, 0.4) is 0 Å². The lowest BCUT2D eigenvalue weighted by Gasteiger charge is -2.19. The molecular formula is C10H20N4. The predicted molar refractivity (Wildman–Crippen MR) is 57.8 cm³/mol. The van der Waals surface area contributed by atoms with Gasteiger partial charge in [0, 0.05) is 32.9 Å². The summed E-state index contributed by atoms with van der Waals surface area (Å²) in [5.41, 5.74) is 6.67. The molecule has 0 aliphatic rings. The second kappa shape index (κ2) is 5.78. The third-order valence-electron chi connectivity index (χ3n) is 2.14. The smallest absolute Gasteiger partial charge is 0.0764 e. The van der Waals surface area contributed by atoms with Gasteiger partial charge in [-0.2, -0.15) is 5.10 Å². The fourth-order valence-electron chi connectivity index (χ4n) is 1.55. The number of hydrogen-bond acceptors (Lipinski definition) is 3. The summed E-state index contributed by atoms with van der Waals surface area (Å²) in [7, 11) is 1.94. The zero-order chi connectivity index (χ0) is 10.4. The Morgan fingerprint density at radius 2 is 2.29 bits per heavy atom. The quantitative estimate of drug-likeness (QED) is 0.724. The van der Waals surface area contributed by atoms with E-state index >= 15 is 0 Å². The first kappa shape index (κ1) is 11.2. The van der Waals surface area contributed by atoms with Gasteiger partial charge in [-0.25, -0.2) is 0 Å². The maximum absolute atomic E-state index is 5.55. The minimum atomic E-state index is 0.715. The molecular weight excluding hydrogens is 176 g/mol. The van der Waals surface area contributed by atoms with Crippen molar-refractivity contribution in [3.63, 3.8) is 0 Å². The number of nitrogens with zero attached hydrogens (tertiary/aromatic N) is 3. The lowest BCUT2D eigenvalue weighted by Crippen LogP contribution is -2.30. The van der Waals surface area contributed by atoms with Crippen LogP contribution >= 0.6 is 0 Å². The monoisotopic (exact) mass is 196 g/mol. The van der Waals surface area contributed by atoms with Crippen molar-refractivity contribution in [1.29, 1.82) is 0 Å². The summed E-state index contributed by atoms with van der Waals surface area (Å²) in [4.78, 5) is 2.34. The third kappa shape index (κ3) is 3.47. The van der Waals surface area contributed by atoms with E-state index in [1.54, 1.807) is 0 Å². The van der Waals surface area contributed by atoms with Gasteiger partial charge < -0.3 is 5.73 Å². The van der Waals surface area contributed by atoms with E-state index in [0.717, 1.165) is 31.7 Å². The molecule has 4 heteroatoms. The Hall–Kier alpha value is -0.870. The first-order chi connectivity index (χ1) is 6.76. The molecule has 4 nitrogen and oxygen atoms in total. The molecule has 1 rings (SSSR count). The molecule has 0 unspecified atom stereocenters. The lowest BCUT2D eigenvalue weighted by molar-refractivity contribution is 0.269. The zero-order valence-electron chi connectivity index (χ0n) is 9.11. The van der Waals surface area contributed by atoms with Crippen LogP contribution in [0.5, 0.6) is 0 Å². The molecule has 1 aromatic heterocycles. The number of nitrogens with two attached hydrogens (primary N) is 1. The minimum absolute atomic E-state index is 0.715. The maximum atomic E-state index is 5.55. The molecule has 0 radical (unpaired) electrons. The van der Waals surface area contributed by atoms with Crippen molar-refractivity contribution in [2.45, 2.75) is 19.9 Å². The predicted octanol–water partition coefficient (Wildman–Crippen LogP) is 0.591. The van der Waals surface area contributed by atoms with E-state index in [-0.39, 0.29) is 0 Å². The molecule has 0 spiro atoms. The number of hydrogen-bond donors (Lipinski definition) is 1. The number of aryl methyl sites for hydroxylation is 1. The Morgan fingerprint density at radius 1 is 1.50 bits per heavy atom. The molecule has 0 saturated carbocycles. The van der Waals surface area contributed by atoms with Crippen molar-refractivity contribution in [2.24, 2.45) is 12.8 Å². The van der Waals surface area contributed by atoms with Gasteiger partial charge in [-0.05, 0) is 19.0 Å². The molecule has 0 saturated heterocycles. The van der Waals surface area contributed by atoms with E-state index in [0.29, 0.717) is 6.54 Å². The van der Waals surface area contributed by atoms with E-state index in [4.69, 9.17) is 5.73 Å². The van der Waals surface area contributed by atoms with Crippen molar-refractivity contribution in [2.75, 3.05) is 19.6 Å². The highest BCUT2D eigenvalue weighted by Gasteiger charge is 2.05. The van der Waals surface area contributed by atoms with E-state index in [1.807, 2.05) is 17.9 Å². The Balaban J connectivity index is 2.46. The Bertz CT molecular complexity index is 250. The molecule has 0 atom stereocenters. The van der Waals surface area contributed by atoms with Crippen molar-refractivity contribution in [3.05, 3.63) is 18.0 Å². The van der Waals surface area contributed by atoms with E-state index in [9.17, 15) is 0 Å². The van der Waals surface area contributed by atoms with Crippen LogP contribution in [0, 0.1) is 0 Å². The SMILES string of the molecule is CCCN(CCN)Cc1ccn(C)n1. The molecule has 0 fully saturated rings. The van der Waals surface area contributed by atoms with Gasteiger partial charge in [0.1, 0.15) is 0 Å². The summed E-state index contributed by atoms with van der Waals surface area (Å²) in [5.74, 6) is 0. The first-order valence-electron chi connectivity index (χ1n) is 5.17. The van der Waals surface area contributed by atoms with E-state index < -0.39 is 0 Å². The molecule has 14 heavy (non-hydrogen) atoms. The molecule has 1 aromatic rings. The van der Waals surface area contributed by atoms with E-state index in [1.165, 1.54) is 0 Å². The molecule has 80 valence electrons. The third-order valence-corrected chi connectivity index (χ3v) is 2.14. The van der Waals surface area contributed by atoms with Gasteiger partial charge in [-0.1, -0.05) is 6.92 Å². The van der Waals surface area contributed by atoms with Crippen molar-refractivity contribution in [3.8, 4) is 0 Å². The maximum Gasteiger partial charge on any atom is 0.0764 e. The second-order valence-corrected chi connectivity index (χ2v) is 3.55. The number of rotatable bonds is 6. The highest BCUT2D eigenvalue weighted by atomic mass is 15.3. The molecule has 0 aromatic carbocycles. The van der Waals surface area contributed by atoms with Gasteiger partial charge in [0.25, 0.3) is 0 Å². The summed E-state index contributed by atoms with van der Waals surface area (Å²) in [6.45, 7) is 5.85. The average molecular weight is 196 g/mol. The second-order valence-electron chi connectivity index (χ2n) is 3.55. The minimum Gasteiger partial charge on any atom is -0.329 e. The standard InChI is InChI=1S/C10H20N4/c1-3-6-14(8-5-11)9-10-4-7-13(2)12-10/h4,7H,3,5-6,8-9,11H2,1-2H3. The summed E-state index contributed by atoms with van der Waals surface area (Å²) >= 11 is 0. The molecule has 0 amide bonds. The lowest BCUT2D eigenvalue weighted by atomic mass is 10.3. The Kier molecular flexibility index (Phi) is 4.62. The zero-order valence-corrected chi connectivity index (χ0v) is 9.11. The topological polar surface area (TPSA) is 47.1 Å². The van der Waals surface area contributed by atoms with Crippen LogP contribution in [-0.2, 0) is 13.6 Å². The van der Waals surface area contributed by atoms with Gasteiger partial charge in [-0.3, -0.25) is 9.58 Å². The molecule has 1 heterocycles. The molecule has 0 bridgehead atoms. The van der Waals surface area contributed by atoms with Crippen LogP contribution in [0.1, 0.15) is 19.0 Å². The summed E-state index contributed by atoms with van der Waals surface area (Å²) < 4.78 is 1.84. The van der Waals surface area contributed by atoms with Crippen LogP contribution < -0.4 is 5.73 Å². The van der Waals surface area contributed by atoms with Crippen LogP contribution in [0.4, 0.5) is 0 Å². The fourth-order valence-corrected chi connectivity index (χ4v) is 1.55. The molecule has 0 aliphatic carbocycles. The Morgan fingerprint density at radius 3 is 2.79 bits per heavy atom. The summed E-state index contributed by atoms with van der Waals surface area (Å²) in [6.07, 6.45) is 3.13. The highest BCUT2D eigenvalue weighted by Crippen LogP contribution is 2.01. The average Bonchev–Trinajstić information content (AvgIpc) is 2.52. The fraction of sp³-hybridized carbons (Fsp3) is 0.700. The van der Waals surface area contributed by atoms with Crippen LogP contribution in [0.25, 0.3) is 0 Å². The van der Waals surface area contributed by atoms with Gasteiger partial charge >= 0.3 is 0 Å².